The molecule has 1 N–H and O–H groups in total. The van der Waals surface area contributed by atoms with E-state index in [4.69, 9.17) is 0 Å². The van der Waals surface area contributed by atoms with Gasteiger partial charge in [-0.1, -0.05) is 6.92 Å². The van der Waals surface area contributed by atoms with Gasteiger partial charge in [-0.25, -0.2) is 0 Å². The Morgan fingerprint density at radius 3 is 2.79 bits per heavy atom. The van der Waals surface area contributed by atoms with Crippen LogP contribution in [0.5, 0.6) is 0 Å². The second-order valence-corrected chi connectivity index (χ2v) is 5.46. The molecule has 19 heavy (non-hydrogen) atoms. The highest BCUT2D eigenvalue weighted by molar-refractivity contribution is 5.75. The van der Waals surface area contributed by atoms with Crippen LogP contribution in [0.4, 0.5) is 0 Å². The second kappa shape index (κ2) is 5.33. The van der Waals surface area contributed by atoms with Crippen LogP contribution in [0.25, 0.3) is 0 Å². The number of aryl methyl sites for hydroxylation is 1. The Balaban J connectivity index is 2.09. The van der Waals surface area contributed by atoms with Gasteiger partial charge in [0.15, 0.2) is 0 Å². The van der Waals surface area contributed by atoms with E-state index in [0.717, 1.165) is 19.5 Å². The third-order valence-corrected chi connectivity index (χ3v) is 4.52. The number of carboxylic acid groups (broad SMARTS) is 1. The SMILES string of the molecule is CCn1cc(C(C)N2CCC(CC)(C(=O)O)C2)cn1. The summed E-state index contributed by atoms with van der Waals surface area (Å²) < 4.78 is 1.91. The number of aliphatic carboxylic acids is 1. The van der Waals surface area contributed by atoms with Gasteiger partial charge in [0.25, 0.3) is 0 Å². The molecular formula is C14H23N3O2. The van der Waals surface area contributed by atoms with Gasteiger partial charge in [0.05, 0.1) is 11.6 Å². The zero-order chi connectivity index (χ0) is 14.0. The maximum absolute atomic E-state index is 11.5. The zero-order valence-corrected chi connectivity index (χ0v) is 12.0. The molecule has 0 amide bonds. The first kappa shape index (κ1) is 14.1. The van der Waals surface area contributed by atoms with Gasteiger partial charge in [0.1, 0.15) is 0 Å². The smallest absolute Gasteiger partial charge is 0.310 e. The summed E-state index contributed by atoms with van der Waals surface area (Å²) in [5, 5.41) is 13.7. The number of hydrogen-bond acceptors (Lipinski definition) is 3. The molecule has 2 atom stereocenters. The van der Waals surface area contributed by atoms with Crippen LogP contribution < -0.4 is 0 Å². The average Bonchev–Trinajstić information content (AvgIpc) is 3.05. The Hall–Kier alpha value is -1.36. The van der Waals surface area contributed by atoms with Crippen LogP contribution in [0.1, 0.15) is 45.2 Å². The minimum Gasteiger partial charge on any atom is -0.481 e. The van der Waals surface area contributed by atoms with E-state index in [0.29, 0.717) is 13.0 Å². The Bertz CT molecular complexity index is 457. The Morgan fingerprint density at radius 1 is 1.58 bits per heavy atom. The third kappa shape index (κ3) is 2.52. The average molecular weight is 265 g/mol. The van der Waals surface area contributed by atoms with Gasteiger partial charge in [-0.05, 0) is 33.2 Å². The molecule has 0 radical (unpaired) electrons. The monoisotopic (exact) mass is 265 g/mol. The summed E-state index contributed by atoms with van der Waals surface area (Å²) in [6.07, 6.45) is 5.38. The van der Waals surface area contributed by atoms with Crippen LogP contribution in [0.15, 0.2) is 12.4 Å². The van der Waals surface area contributed by atoms with E-state index in [1.165, 1.54) is 5.56 Å². The summed E-state index contributed by atoms with van der Waals surface area (Å²) in [6, 6.07) is 0.230. The molecular weight excluding hydrogens is 242 g/mol. The maximum Gasteiger partial charge on any atom is 0.310 e. The Labute approximate surface area is 114 Å². The van der Waals surface area contributed by atoms with E-state index < -0.39 is 11.4 Å². The van der Waals surface area contributed by atoms with Gasteiger partial charge in [-0.3, -0.25) is 14.4 Å². The van der Waals surface area contributed by atoms with E-state index in [1.54, 1.807) is 0 Å². The van der Waals surface area contributed by atoms with E-state index in [9.17, 15) is 9.90 Å². The van der Waals surface area contributed by atoms with Crippen molar-refractivity contribution in [3.05, 3.63) is 18.0 Å². The molecule has 2 unspecified atom stereocenters. The van der Waals surface area contributed by atoms with Crippen molar-refractivity contribution in [2.75, 3.05) is 13.1 Å². The van der Waals surface area contributed by atoms with E-state index in [-0.39, 0.29) is 6.04 Å². The quantitative estimate of drug-likeness (QED) is 0.886. The van der Waals surface area contributed by atoms with Crippen LogP contribution in [0.3, 0.4) is 0 Å². The summed E-state index contributed by atoms with van der Waals surface area (Å²) in [5.74, 6) is -0.658. The van der Waals surface area contributed by atoms with E-state index in [1.807, 2.05) is 17.8 Å². The molecule has 1 saturated heterocycles. The van der Waals surface area contributed by atoms with Crippen molar-refractivity contribution in [2.24, 2.45) is 5.41 Å². The Morgan fingerprint density at radius 2 is 2.32 bits per heavy atom. The molecule has 0 spiro atoms. The molecule has 1 aromatic heterocycles. The number of carbonyl (C=O) groups is 1. The minimum atomic E-state index is -0.658. The summed E-state index contributed by atoms with van der Waals surface area (Å²) in [6.45, 7) is 8.50. The van der Waals surface area contributed by atoms with Crippen molar-refractivity contribution in [3.63, 3.8) is 0 Å². The molecule has 5 nitrogen and oxygen atoms in total. The molecule has 0 bridgehead atoms. The van der Waals surface area contributed by atoms with E-state index >= 15 is 0 Å². The van der Waals surface area contributed by atoms with Gasteiger partial charge >= 0.3 is 5.97 Å². The van der Waals surface area contributed by atoms with Crippen molar-refractivity contribution in [1.29, 1.82) is 0 Å². The van der Waals surface area contributed by atoms with Crippen molar-refractivity contribution in [3.8, 4) is 0 Å². The topological polar surface area (TPSA) is 58.4 Å². The number of likely N-dealkylation sites (tertiary alicyclic amines) is 1. The summed E-state index contributed by atoms with van der Waals surface area (Å²) in [4.78, 5) is 13.7. The minimum absolute atomic E-state index is 0.230. The first-order chi connectivity index (χ1) is 9.02. The summed E-state index contributed by atoms with van der Waals surface area (Å²) >= 11 is 0. The molecule has 1 aromatic rings. The molecule has 1 aliphatic heterocycles. The molecule has 0 aliphatic carbocycles. The fourth-order valence-corrected chi connectivity index (χ4v) is 2.83. The van der Waals surface area contributed by atoms with Crippen LogP contribution in [0.2, 0.25) is 0 Å². The van der Waals surface area contributed by atoms with Crippen molar-refractivity contribution >= 4 is 5.97 Å². The predicted octanol–water partition coefficient (Wildman–Crippen LogP) is 2.15. The van der Waals surface area contributed by atoms with Crippen LogP contribution in [-0.4, -0.2) is 38.8 Å². The molecule has 0 saturated carbocycles. The zero-order valence-electron chi connectivity index (χ0n) is 12.0. The summed E-state index contributed by atoms with van der Waals surface area (Å²) in [5.41, 5.74) is 0.605. The highest BCUT2D eigenvalue weighted by atomic mass is 16.4. The van der Waals surface area contributed by atoms with Gasteiger partial charge in [0.2, 0.25) is 0 Å². The first-order valence-electron chi connectivity index (χ1n) is 7.02. The molecule has 1 aliphatic rings. The van der Waals surface area contributed by atoms with Crippen LogP contribution in [0, 0.1) is 5.41 Å². The largest absolute Gasteiger partial charge is 0.481 e. The molecule has 2 heterocycles. The third-order valence-electron chi connectivity index (χ3n) is 4.52. The highest BCUT2D eigenvalue weighted by Crippen LogP contribution is 2.38. The van der Waals surface area contributed by atoms with Crippen molar-refractivity contribution in [2.45, 2.75) is 46.2 Å². The van der Waals surface area contributed by atoms with Crippen LogP contribution >= 0.6 is 0 Å². The fraction of sp³-hybridized carbons (Fsp3) is 0.714. The van der Waals surface area contributed by atoms with Gasteiger partial charge in [-0.15, -0.1) is 0 Å². The number of rotatable bonds is 5. The van der Waals surface area contributed by atoms with Gasteiger partial charge < -0.3 is 5.11 Å². The van der Waals surface area contributed by atoms with Crippen molar-refractivity contribution < 1.29 is 9.90 Å². The van der Waals surface area contributed by atoms with Gasteiger partial charge in [0, 0.05) is 30.9 Å². The normalized spacial score (nSPS) is 25.6. The van der Waals surface area contributed by atoms with Crippen molar-refractivity contribution in [1.82, 2.24) is 14.7 Å². The lowest BCUT2D eigenvalue weighted by atomic mass is 9.84. The van der Waals surface area contributed by atoms with Gasteiger partial charge in [-0.2, -0.15) is 5.10 Å². The first-order valence-corrected chi connectivity index (χ1v) is 7.02. The number of hydrogen-bond donors (Lipinski definition) is 1. The molecule has 2 rings (SSSR count). The lowest BCUT2D eigenvalue weighted by molar-refractivity contribution is -0.148. The molecule has 1 fully saturated rings. The molecule has 106 valence electrons. The predicted molar refractivity (Wildman–Crippen MR) is 72.9 cm³/mol. The lowest BCUT2D eigenvalue weighted by Gasteiger charge is -2.26. The second-order valence-electron chi connectivity index (χ2n) is 5.46. The number of nitrogens with zero attached hydrogens (tertiary/aromatic N) is 3. The highest BCUT2D eigenvalue weighted by Gasteiger charge is 2.44. The Kier molecular flexibility index (Phi) is 3.94. The van der Waals surface area contributed by atoms with Crippen LogP contribution in [-0.2, 0) is 11.3 Å². The van der Waals surface area contributed by atoms with E-state index in [2.05, 4.69) is 30.0 Å². The lowest BCUT2D eigenvalue weighted by Crippen LogP contribution is -2.34. The fourth-order valence-electron chi connectivity index (χ4n) is 2.83. The molecule has 5 heteroatoms. The standard InChI is InChI=1S/C14H23N3O2/c1-4-14(13(18)19)6-7-16(10-14)11(3)12-8-15-17(5-2)9-12/h8-9,11H,4-7,10H2,1-3H3,(H,18,19). The maximum atomic E-state index is 11.5. The number of aromatic nitrogens is 2. The summed E-state index contributed by atoms with van der Waals surface area (Å²) in [7, 11) is 0. The number of carboxylic acids is 1. The molecule has 0 aromatic carbocycles.